The monoisotopic (exact) mass is 1930 g/mol. The van der Waals surface area contributed by atoms with Crippen LogP contribution in [0.1, 0.15) is 48.9 Å². The van der Waals surface area contributed by atoms with Gasteiger partial charge in [0.15, 0.2) is 0 Å². The van der Waals surface area contributed by atoms with Crippen molar-refractivity contribution in [3.05, 3.63) is 434 Å². The van der Waals surface area contributed by atoms with Crippen LogP contribution in [0.4, 0.5) is 17.6 Å². The van der Waals surface area contributed by atoms with E-state index in [0.717, 1.165) is 197 Å². The van der Waals surface area contributed by atoms with Gasteiger partial charge in [0, 0.05) is 112 Å². The van der Waals surface area contributed by atoms with Crippen molar-refractivity contribution < 1.29 is 59.1 Å². The predicted octanol–water partition coefficient (Wildman–Crippen LogP) is 29.7. The second-order valence-corrected chi connectivity index (χ2v) is 30.1. The van der Waals surface area contributed by atoms with Crippen molar-refractivity contribution in [1.82, 2.24) is 19.9 Å². The molecular formula is C111H78F4Ir2N4-4. The first kappa shape index (κ1) is 81.4. The van der Waals surface area contributed by atoms with E-state index in [1.807, 2.05) is 98.2 Å². The molecule has 10 heteroatoms. The number of aromatic nitrogens is 4. The molecule has 0 amide bonds. The molecule has 0 aliphatic heterocycles. The Morgan fingerprint density at radius 2 is 0.612 bits per heavy atom. The minimum atomic E-state index is -1.08. The maximum absolute atomic E-state index is 15.0. The topological polar surface area (TPSA) is 51.6 Å². The second kappa shape index (κ2) is 36.9. The van der Waals surface area contributed by atoms with Gasteiger partial charge in [-0.15, -0.1) is 96.1 Å². The minimum Gasteiger partial charge on any atom is -0.304 e. The molecule has 14 aromatic carbocycles. The number of benzene rings is 14. The molecule has 121 heavy (non-hydrogen) atoms. The minimum absolute atomic E-state index is 0. The van der Waals surface area contributed by atoms with E-state index in [9.17, 15) is 18.9 Å². The molecule has 18 aromatic rings. The normalized spacial score (nSPS) is 11.2. The molecule has 0 atom stereocenters. The summed E-state index contributed by atoms with van der Waals surface area (Å²) in [7, 11) is 0. The van der Waals surface area contributed by atoms with Gasteiger partial charge in [0.1, 0.15) is 0 Å². The van der Waals surface area contributed by atoms with Crippen molar-refractivity contribution in [3.63, 3.8) is 0 Å². The Bertz CT molecular complexity index is 6840. The summed E-state index contributed by atoms with van der Waals surface area (Å²) in [5.74, 6) is -3.91. The molecule has 0 fully saturated rings. The number of aryl methyl sites for hydroxylation is 4. The molecule has 0 saturated heterocycles. The molecule has 4 aromatic heterocycles. The van der Waals surface area contributed by atoms with Crippen LogP contribution in [0, 0.1) is 75.2 Å². The summed E-state index contributed by atoms with van der Waals surface area (Å²) in [5.41, 5.74) is 34.4. The van der Waals surface area contributed by atoms with Gasteiger partial charge < -0.3 is 19.9 Å². The maximum Gasteiger partial charge on any atom is 0.0408 e. The third kappa shape index (κ3) is 18.0. The van der Waals surface area contributed by atoms with E-state index in [1.54, 1.807) is 32.3 Å². The van der Waals surface area contributed by atoms with Crippen molar-refractivity contribution in [2.75, 3.05) is 0 Å². The zero-order valence-electron chi connectivity index (χ0n) is 68.0. The van der Waals surface area contributed by atoms with Gasteiger partial charge in [-0.3, -0.25) is 17.6 Å². The summed E-state index contributed by atoms with van der Waals surface area (Å²) in [5, 5.41) is 0. The fraction of sp³-hybridized carbons (Fsp3) is 0.0631. The van der Waals surface area contributed by atoms with Crippen LogP contribution in [0.2, 0.25) is 0 Å². The first-order valence-corrected chi connectivity index (χ1v) is 39.5. The third-order valence-corrected chi connectivity index (χ3v) is 21.7. The Kier molecular flexibility index (Phi) is 24.8. The number of nitrogens with zero attached hydrogens (tertiary/aromatic N) is 4. The van der Waals surface area contributed by atoms with Crippen LogP contribution < -0.4 is 0 Å². The zero-order valence-corrected chi connectivity index (χ0v) is 71.8. The van der Waals surface area contributed by atoms with Crippen molar-refractivity contribution in [2.24, 2.45) is 0 Å². The van der Waals surface area contributed by atoms with Gasteiger partial charge in [0.25, 0.3) is 0 Å². The molecule has 0 bridgehead atoms. The van der Waals surface area contributed by atoms with Gasteiger partial charge in [0.05, 0.1) is 0 Å². The summed E-state index contributed by atoms with van der Waals surface area (Å²) < 4.78 is 66.3. The Labute approximate surface area is 733 Å². The van der Waals surface area contributed by atoms with Gasteiger partial charge in [-0.05, 0) is 202 Å². The SMILES string of the molecule is Cc1cc(-c2ccccc2-c2cnc(-c3[c-]cc(F)cc3F)cc2C)cc(-c2ccccc2-c2cnc(-c3[c-]cccc3)cc2-c2ccc(-c3ccccc3)cc2)c1.[2H]C(C)(C)c1cc(-c2[c-]cc(F)cc2F)ncc1-c1ccc(C)cc1-c1cc(C)cc(-c2ccccc2-c2cnc(-c3[c-]cccc3)cc2-c2ccc(-c3ccccc3)cc2)c1.[Ir].[Ir]. The molecule has 2 radical (unpaired) electrons. The van der Waals surface area contributed by atoms with Crippen LogP contribution >= 0.6 is 0 Å². The van der Waals surface area contributed by atoms with Gasteiger partial charge in [-0.1, -0.05) is 291 Å². The standard InChI is InChI=1S/C57H42F2N2.C54H36F2N2.2Ir/c1-36(2)50-32-57(49-26-24-45(58)31-55(49)59)61-34-53(50)48-25-19-37(3)29-51(48)44-28-38(4)27-43(30-44)46-17-11-12-18-47(46)54-35-60-56(42-15-9-6-10-16-42)33-52(54)41-22-20-40(21-23-41)39-13-7-5-8-14-39;1-35-27-41(44-17-9-11-19-46(44)50-33-58-54(29-36(50)2)48-26-25-43(55)31-52(48)56)30-42(28-35)45-18-10-12-20-47(45)51-34-57-53(40-15-7-4-8-16-40)32-49(51)39-23-21-38(22-24-39)37-13-5-3-6-14-37;;/h5-15,17-25,27-36H,1-4H3;3-15,17-25,27-34H,1-2H3;;/q2*-2;;/i36D;;;. The summed E-state index contributed by atoms with van der Waals surface area (Å²) >= 11 is 0. The molecule has 0 N–H and O–H groups in total. The van der Waals surface area contributed by atoms with Gasteiger partial charge in [-0.25, -0.2) is 0 Å². The van der Waals surface area contributed by atoms with E-state index >= 15 is 0 Å². The molecule has 0 spiro atoms. The van der Waals surface area contributed by atoms with Crippen LogP contribution in [-0.2, 0) is 40.2 Å². The van der Waals surface area contributed by atoms with Crippen LogP contribution in [0.25, 0.3) is 179 Å². The molecule has 0 unspecified atom stereocenters. The molecule has 4 nitrogen and oxygen atoms in total. The average molecular weight is 1930 g/mol. The van der Waals surface area contributed by atoms with Crippen molar-refractivity contribution in [3.8, 4) is 179 Å². The summed E-state index contributed by atoms with van der Waals surface area (Å²) in [4.78, 5) is 19.3. The number of halogens is 4. The maximum atomic E-state index is 15.0. The van der Waals surface area contributed by atoms with E-state index in [2.05, 4.69) is 279 Å². The van der Waals surface area contributed by atoms with E-state index < -0.39 is 29.2 Å². The molecular weight excluding hydrogens is 1850 g/mol. The number of rotatable bonds is 17. The molecule has 18 rings (SSSR count). The van der Waals surface area contributed by atoms with E-state index in [4.69, 9.17) is 9.97 Å². The molecule has 0 saturated carbocycles. The van der Waals surface area contributed by atoms with E-state index in [0.29, 0.717) is 17.0 Å². The number of pyridine rings is 4. The first-order valence-electron chi connectivity index (χ1n) is 40.0. The smallest absolute Gasteiger partial charge is 0.0408 e. The predicted molar refractivity (Wildman–Crippen MR) is 479 cm³/mol. The molecule has 592 valence electrons. The van der Waals surface area contributed by atoms with E-state index in [-0.39, 0.29) is 51.3 Å². The van der Waals surface area contributed by atoms with Crippen molar-refractivity contribution in [1.29, 1.82) is 0 Å². The third-order valence-electron chi connectivity index (χ3n) is 21.7. The van der Waals surface area contributed by atoms with Crippen LogP contribution in [0.5, 0.6) is 0 Å². The van der Waals surface area contributed by atoms with Crippen molar-refractivity contribution >= 4 is 0 Å². The van der Waals surface area contributed by atoms with Gasteiger partial charge in [-0.2, -0.15) is 0 Å². The quantitative estimate of drug-likeness (QED) is 0.0673. The molecule has 0 aliphatic rings. The summed E-state index contributed by atoms with van der Waals surface area (Å²) in [6.45, 7) is 11.9. The Morgan fingerprint density at radius 1 is 0.264 bits per heavy atom. The van der Waals surface area contributed by atoms with Crippen LogP contribution in [0.3, 0.4) is 0 Å². The largest absolute Gasteiger partial charge is 0.304 e. The average Bonchev–Trinajstić information content (AvgIpc) is 0.773. The van der Waals surface area contributed by atoms with E-state index in [1.165, 1.54) is 5.56 Å². The summed E-state index contributed by atoms with van der Waals surface area (Å²) in [6, 6.07) is 123. The van der Waals surface area contributed by atoms with Crippen LogP contribution in [0.15, 0.2) is 358 Å². The number of hydrogen-bond donors (Lipinski definition) is 0. The Balaban J connectivity index is 0.000000187. The number of hydrogen-bond acceptors (Lipinski definition) is 4. The fourth-order valence-corrected chi connectivity index (χ4v) is 15.9. The van der Waals surface area contributed by atoms with Gasteiger partial charge >= 0.3 is 0 Å². The van der Waals surface area contributed by atoms with Crippen LogP contribution in [-0.4, -0.2) is 19.9 Å². The van der Waals surface area contributed by atoms with Crippen molar-refractivity contribution in [2.45, 2.75) is 47.4 Å². The Hall–Kier alpha value is -13.3. The first-order chi connectivity index (χ1) is 58.4. The Morgan fingerprint density at radius 3 is 1.02 bits per heavy atom. The van der Waals surface area contributed by atoms with Gasteiger partial charge in [0.2, 0.25) is 0 Å². The fourth-order valence-electron chi connectivity index (χ4n) is 15.9. The summed E-state index contributed by atoms with van der Waals surface area (Å²) in [6.07, 6.45) is 7.46. The zero-order chi connectivity index (χ0) is 82.5. The second-order valence-electron chi connectivity index (χ2n) is 30.1. The molecule has 4 heterocycles. The molecule has 0 aliphatic carbocycles.